The number of benzene rings is 1. The van der Waals surface area contributed by atoms with E-state index in [9.17, 15) is 9.59 Å². The Morgan fingerprint density at radius 2 is 1.88 bits per heavy atom. The first-order valence-corrected chi connectivity index (χ1v) is 8.25. The summed E-state index contributed by atoms with van der Waals surface area (Å²) >= 11 is 0. The Morgan fingerprint density at radius 3 is 2.48 bits per heavy atom. The second-order valence-corrected chi connectivity index (χ2v) is 6.74. The summed E-state index contributed by atoms with van der Waals surface area (Å²) in [5.74, 6) is -0.214. The van der Waals surface area contributed by atoms with Gasteiger partial charge in [0.1, 0.15) is 24.2 Å². The van der Waals surface area contributed by atoms with E-state index in [0.717, 1.165) is 12.8 Å². The maximum atomic E-state index is 11.8. The van der Waals surface area contributed by atoms with E-state index in [4.69, 9.17) is 14.3 Å². The average molecular weight is 351 g/mol. The Balaban J connectivity index is 1.86. The van der Waals surface area contributed by atoms with Crippen molar-refractivity contribution >= 4 is 11.9 Å². The normalized spacial score (nSPS) is 18.0. The molecule has 0 aliphatic carbocycles. The molecule has 25 heavy (non-hydrogen) atoms. The fourth-order valence-corrected chi connectivity index (χ4v) is 2.42. The van der Waals surface area contributed by atoms with Crippen LogP contribution in [-0.2, 0) is 19.0 Å². The standard InChI is InChI=1S/C18H25NO6/c1-18(2,3)24-16(20)12-23-15-6-5-11-19(15)25-14-9-7-13(8-10-14)17(21)22-4/h7-10,15H,5-6,11-12H2,1-4H3. The highest BCUT2D eigenvalue weighted by Gasteiger charge is 2.29. The molecule has 0 spiro atoms. The molecule has 2 rings (SSSR count). The molecule has 1 aromatic carbocycles. The summed E-state index contributed by atoms with van der Waals surface area (Å²) in [5.41, 5.74) is -0.0813. The van der Waals surface area contributed by atoms with Crippen LogP contribution in [0.5, 0.6) is 5.75 Å². The molecule has 1 fully saturated rings. The van der Waals surface area contributed by atoms with Crippen molar-refractivity contribution in [2.24, 2.45) is 0 Å². The smallest absolute Gasteiger partial charge is 0.337 e. The molecule has 1 saturated heterocycles. The highest BCUT2D eigenvalue weighted by atomic mass is 16.7. The summed E-state index contributed by atoms with van der Waals surface area (Å²) < 4.78 is 15.5. The third-order valence-electron chi connectivity index (χ3n) is 3.46. The molecule has 0 saturated carbocycles. The van der Waals surface area contributed by atoms with Crippen LogP contribution in [0.3, 0.4) is 0 Å². The lowest BCUT2D eigenvalue weighted by Gasteiger charge is -2.25. The van der Waals surface area contributed by atoms with Crippen LogP contribution in [-0.4, -0.2) is 49.1 Å². The van der Waals surface area contributed by atoms with E-state index < -0.39 is 17.5 Å². The lowest BCUT2D eigenvalue weighted by molar-refractivity contribution is -0.188. The van der Waals surface area contributed by atoms with Gasteiger partial charge in [-0.2, -0.15) is 0 Å². The van der Waals surface area contributed by atoms with Gasteiger partial charge in [0, 0.05) is 6.54 Å². The van der Waals surface area contributed by atoms with Crippen LogP contribution in [0.1, 0.15) is 44.0 Å². The molecule has 138 valence electrons. The maximum absolute atomic E-state index is 11.8. The number of carbonyl (C=O) groups is 2. The van der Waals surface area contributed by atoms with Gasteiger partial charge in [-0.3, -0.25) is 0 Å². The number of rotatable bonds is 6. The minimum Gasteiger partial charge on any atom is -0.465 e. The summed E-state index contributed by atoms with van der Waals surface area (Å²) in [6.45, 7) is 6.01. The predicted octanol–water partition coefficient (Wildman–Crippen LogP) is 2.55. The zero-order valence-electron chi connectivity index (χ0n) is 15.1. The molecule has 1 heterocycles. The van der Waals surface area contributed by atoms with Gasteiger partial charge in [0.25, 0.3) is 0 Å². The fraction of sp³-hybridized carbons (Fsp3) is 0.556. The molecule has 0 bridgehead atoms. The van der Waals surface area contributed by atoms with Crippen LogP contribution in [0.25, 0.3) is 0 Å². The van der Waals surface area contributed by atoms with Gasteiger partial charge in [0.05, 0.1) is 12.7 Å². The van der Waals surface area contributed by atoms with E-state index >= 15 is 0 Å². The van der Waals surface area contributed by atoms with Crippen LogP contribution in [0.2, 0.25) is 0 Å². The summed E-state index contributed by atoms with van der Waals surface area (Å²) in [6, 6.07) is 6.65. The molecule has 1 unspecified atom stereocenters. The molecule has 1 atom stereocenters. The van der Waals surface area contributed by atoms with Crippen LogP contribution < -0.4 is 4.84 Å². The molecule has 0 radical (unpaired) electrons. The van der Waals surface area contributed by atoms with Gasteiger partial charge < -0.3 is 19.0 Å². The van der Waals surface area contributed by atoms with Gasteiger partial charge in [-0.15, -0.1) is 5.06 Å². The Kier molecular flexibility index (Phi) is 6.39. The van der Waals surface area contributed by atoms with Crippen molar-refractivity contribution in [2.45, 2.75) is 45.4 Å². The number of methoxy groups -OCH3 is 1. The Morgan fingerprint density at radius 1 is 1.20 bits per heavy atom. The van der Waals surface area contributed by atoms with E-state index in [1.54, 1.807) is 29.3 Å². The van der Waals surface area contributed by atoms with Gasteiger partial charge in [-0.05, 0) is 57.9 Å². The minimum atomic E-state index is -0.534. The van der Waals surface area contributed by atoms with E-state index in [-0.39, 0.29) is 12.8 Å². The molecule has 0 amide bonds. The highest BCUT2D eigenvalue weighted by molar-refractivity contribution is 5.89. The van der Waals surface area contributed by atoms with Crippen molar-refractivity contribution in [1.29, 1.82) is 0 Å². The number of esters is 2. The number of carbonyl (C=O) groups excluding carboxylic acids is 2. The van der Waals surface area contributed by atoms with E-state index in [0.29, 0.717) is 17.9 Å². The number of hydroxylamine groups is 2. The third-order valence-corrected chi connectivity index (χ3v) is 3.46. The number of hydrogen-bond donors (Lipinski definition) is 0. The molecule has 1 aliphatic rings. The molecule has 1 aliphatic heterocycles. The van der Waals surface area contributed by atoms with Crippen molar-refractivity contribution in [2.75, 3.05) is 20.3 Å². The molecule has 1 aromatic rings. The highest BCUT2D eigenvalue weighted by Crippen LogP contribution is 2.22. The van der Waals surface area contributed by atoms with E-state index in [1.807, 2.05) is 20.8 Å². The second-order valence-electron chi connectivity index (χ2n) is 6.74. The number of ether oxygens (including phenoxy) is 3. The van der Waals surface area contributed by atoms with Crippen molar-refractivity contribution in [1.82, 2.24) is 5.06 Å². The van der Waals surface area contributed by atoms with Gasteiger partial charge >= 0.3 is 11.9 Å². The maximum Gasteiger partial charge on any atom is 0.337 e. The first kappa shape index (κ1) is 19.2. The lowest BCUT2D eigenvalue weighted by atomic mass is 10.2. The summed E-state index contributed by atoms with van der Waals surface area (Å²) in [4.78, 5) is 29.0. The average Bonchev–Trinajstić information content (AvgIpc) is 2.98. The molecular formula is C18H25NO6. The van der Waals surface area contributed by atoms with Crippen molar-refractivity contribution in [3.05, 3.63) is 29.8 Å². The largest absolute Gasteiger partial charge is 0.465 e. The fourth-order valence-electron chi connectivity index (χ4n) is 2.42. The number of nitrogens with zero attached hydrogens (tertiary/aromatic N) is 1. The SMILES string of the molecule is COC(=O)c1ccc(ON2CCCC2OCC(=O)OC(C)(C)C)cc1. The number of hydrogen-bond acceptors (Lipinski definition) is 7. The van der Waals surface area contributed by atoms with Crippen molar-refractivity contribution in [3.8, 4) is 5.75 Å². The Hall–Kier alpha value is -2.12. The molecule has 7 heteroatoms. The topological polar surface area (TPSA) is 74.3 Å². The summed E-state index contributed by atoms with van der Waals surface area (Å²) in [5, 5.41) is 1.69. The van der Waals surface area contributed by atoms with Gasteiger partial charge in [0.2, 0.25) is 0 Å². The monoisotopic (exact) mass is 351 g/mol. The Bertz CT molecular complexity index is 593. The van der Waals surface area contributed by atoms with Crippen LogP contribution >= 0.6 is 0 Å². The summed E-state index contributed by atoms with van der Waals surface area (Å²) in [7, 11) is 1.34. The second kappa shape index (κ2) is 8.31. The van der Waals surface area contributed by atoms with E-state index in [2.05, 4.69) is 4.74 Å². The molecule has 0 aromatic heterocycles. The third kappa shape index (κ3) is 6.03. The van der Waals surface area contributed by atoms with Crippen molar-refractivity contribution in [3.63, 3.8) is 0 Å². The first-order chi connectivity index (χ1) is 11.8. The zero-order valence-corrected chi connectivity index (χ0v) is 15.1. The first-order valence-electron chi connectivity index (χ1n) is 8.25. The van der Waals surface area contributed by atoms with Gasteiger partial charge in [-0.1, -0.05) is 0 Å². The molecular weight excluding hydrogens is 326 g/mol. The Labute approximate surface area is 147 Å². The molecule has 0 N–H and O–H groups in total. The van der Waals surface area contributed by atoms with Gasteiger partial charge in [-0.25, -0.2) is 9.59 Å². The summed E-state index contributed by atoms with van der Waals surface area (Å²) in [6.07, 6.45) is 1.36. The lowest BCUT2D eigenvalue weighted by Crippen LogP contribution is -2.37. The quantitative estimate of drug-likeness (QED) is 0.729. The predicted molar refractivity (Wildman–Crippen MR) is 89.9 cm³/mol. The minimum absolute atomic E-state index is 0.122. The molecule has 7 nitrogen and oxygen atoms in total. The van der Waals surface area contributed by atoms with Crippen LogP contribution in [0.4, 0.5) is 0 Å². The van der Waals surface area contributed by atoms with Crippen LogP contribution in [0, 0.1) is 0 Å². The zero-order chi connectivity index (χ0) is 18.4. The van der Waals surface area contributed by atoms with Crippen LogP contribution in [0.15, 0.2) is 24.3 Å². The van der Waals surface area contributed by atoms with Crippen molar-refractivity contribution < 1.29 is 28.6 Å². The van der Waals surface area contributed by atoms with E-state index in [1.165, 1.54) is 7.11 Å². The van der Waals surface area contributed by atoms with Gasteiger partial charge in [0.15, 0.2) is 0 Å².